The first kappa shape index (κ1) is 14.9. The first-order chi connectivity index (χ1) is 11.2. The third kappa shape index (κ3) is 3.80. The summed E-state index contributed by atoms with van der Waals surface area (Å²) < 4.78 is 0. The van der Waals surface area contributed by atoms with Gasteiger partial charge in [-0.15, -0.1) is 0 Å². The molecular weight excluding hydrogens is 290 g/mol. The van der Waals surface area contributed by atoms with E-state index in [4.69, 9.17) is 5.26 Å². The summed E-state index contributed by atoms with van der Waals surface area (Å²) in [7, 11) is 0. The maximum Gasteiger partial charge on any atom is 0.322 e. The molecule has 2 aromatic rings. The molecule has 0 bridgehead atoms. The molecule has 0 saturated heterocycles. The van der Waals surface area contributed by atoms with Crippen LogP contribution in [0.15, 0.2) is 48.5 Å². The van der Waals surface area contributed by atoms with E-state index < -0.39 is 0 Å². The molecule has 5 nitrogen and oxygen atoms in total. The third-order valence-electron chi connectivity index (χ3n) is 3.78. The second-order valence-electron chi connectivity index (χ2n) is 5.65. The van der Waals surface area contributed by atoms with Gasteiger partial charge >= 0.3 is 6.03 Å². The van der Waals surface area contributed by atoms with Gasteiger partial charge in [0.25, 0.3) is 0 Å². The number of hydrogen-bond acceptors (Lipinski definition) is 3. The van der Waals surface area contributed by atoms with Crippen LogP contribution in [0.2, 0.25) is 0 Å². The average molecular weight is 307 g/mol. The number of carbonyl (C=O) groups is 1. The van der Waals surface area contributed by atoms with Crippen LogP contribution in [0, 0.1) is 11.3 Å². The van der Waals surface area contributed by atoms with E-state index in [9.17, 15) is 9.90 Å². The zero-order chi connectivity index (χ0) is 16.2. The molecule has 5 heteroatoms. The van der Waals surface area contributed by atoms with Crippen molar-refractivity contribution < 1.29 is 9.90 Å². The maximum atomic E-state index is 12.5. The summed E-state index contributed by atoms with van der Waals surface area (Å²) in [6, 6.07) is 15.9. The molecule has 2 N–H and O–H groups in total. The van der Waals surface area contributed by atoms with Gasteiger partial charge in [-0.25, -0.2) is 4.79 Å². The number of phenolic OH excluding ortho intramolecular Hbond substituents is 1. The zero-order valence-corrected chi connectivity index (χ0v) is 12.6. The van der Waals surface area contributed by atoms with Crippen LogP contribution < -0.4 is 5.32 Å². The second-order valence-corrected chi connectivity index (χ2v) is 5.65. The topological polar surface area (TPSA) is 76.4 Å². The summed E-state index contributed by atoms with van der Waals surface area (Å²) in [6.45, 7) is 0.460. The number of phenols is 1. The van der Waals surface area contributed by atoms with E-state index in [0.29, 0.717) is 17.8 Å². The molecule has 1 aliphatic rings. The van der Waals surface area contributed by atoms with E-state index in [1.807, 2.05) is 12.1 Å². The Kier molecular flexibility index (Phi) is 4.15. The van der Waals surface area contributed by atoms with Crippen LogP contribution >= 0.6 is 0 Å². The van der Waals surface area contributed by atoms with E-state index in [1.54, 1.807) is 47.4 Å². The van der Waals surface area contributed by atoms with Crippen LogP contribution in [0.5, 0.6) is 5.75 Å². The van der Waals surface area contributed by atoms with Gasteiger partial charge < -0.3 is 15.3 Å². The summed E-state index contributed by atoms with van der Waals surface area (Å²) in [4.78, 5) is 14.3. The number of benzene rings is 2. The number of hydrogen-bond donors (Lipinski definition) is 2. The fourth-order valence-corrected chi connectivity index (χ4v) is 2.43. The Morgan fingerprint density at radius 1 is 1.26 bits per heavy atom. The van der Waals surface area contributed by atoms with Gasteiger partial charge in [-0.1, -0.05) is 12.1 Å². The van der Waals surface area contributed by atoms with Gasteiger partial charge in [-0.05, 0) is 54.8 Å². The van der Waals surface area contributed by atoms with Crippen LogP contribution in [0.4, 0.5) is 10.5 Å². The standard InChI is InChI=1S/C18H17N3O2/c19-11-13-4-6-15(7-5-13)20-18(23)21(16-8-9-16)12-14-2-1-3-17(22)10-14/h1-7,10,16,22H,8-9,12H2,(H,20,23). The lowest BCUT2D eigenvalue weighted by Crippen LogP contribution is -2.36. The Morgan fingerprint density at radius 2 is 2.00 bits per heavy atom. The van der Waals surface area contributed by atoms with Crippen LogP contribution in [0.3, 0.4) is 0 Å². The first-order valence-corrected chi connectivity index (χ1v) is 7.51. The Balaban J connectivity index is 1.70. The molecule has 0 aromatic heterocycles. The Labute approximate surface area is 134 Å². The fraction of sp³-hybridized carbons (Fsp3) is 0.222. The molecule has 116 valence electrons. The number of nitriles is 1. The van der Waals surface area contributed by atoms with Gasteiger partial charge in [-0.2, -0.15) is 5.26 Å². The van der Waals surface area contributed by atoms with Gasteiger partial charge in [0.2, 0.25) is 0 Å². The summed E-state index contributed by atoms with van der Waals surface area (Å²) in [5.41, 5.74) is 2.12. The molecule has 0 radical (unpaired) electrons. The van der Waals surface area contributed by atoms with E-state index in [2.05, 4.69) is 5.32 Å². The largest absolute Gasteiger partial charge is 0.508 e. The number of nitrogens with one attached hydrogen (secondary N) is 1. The lowest BCUT2D eigenvalue weighted by Gasteiger charge is -2.23. The molecule has 1 saturated carbocycles. The maximum absolute atomic E-state index is 12.5. The van der Waals surface area contributed by atoms with Gasteiger partial charge in [0.1, 0.15) is 5.75 Å². The molecule has 0 atom stereocenters. The summed E-state index contributed by atoms with van der Waals surface area (Å²) in [5.74, 6) is 0.200. The van der Waals surface area contributed by atoms with E-state index in [1.165, 1.54) is 0 Å². The van der Waals surface area contributed by atoms with Crippen molar-refractivity contribution in [3.05, 3.63) is 59.7 Å². The van der Waals surface area contributed by atoms with Crippen molar-refractivity contribution in [1.29, 1.82) is 5.26 Å². The highest BCUT2D eigenvalue weighted by Crippen LogP contribution is 2.29. The number of urea groups is 1. The molecular formula is C18H17N3O2. The van der Waals surface area contributed by atoms with Crippen molar-refractivity contribution >= 4 is 11.7 Å². The molecule has 2 aromatic carbocycles. The quantitative estimate of drug-likeness (QED) is 0.908. The highest BCUT2D eigenvalue weighted by atomic mass is 16.3. The third-order valence-corrected chi connectivity index (χ3v) is 3.78. The van der Waals surface area contributed by atoms with Crippen LogP contribution in [-0.4, -0.2) is 22.1 Å². The van der Waals surface area contributed by atoms with Crippen molar-refractivity contribution in [2.24, 2.45) is 0 Å². The summed E-state index contributed by atoms with van der Waals surface area (Å²) >= 11 is 0. The fourth-order valence-electron chi connectivity index (χ4n) is 2.43. The lowest BCUT2D eigenvalue weighted by atomic mass is 10.2. The molecule has 1 fully saturated rings. The summed E-state index contributed by atoms with van der Waals surface area (Å²) in [6.07, 6.45) is 2.00. The number of aromatic hydroxyl groups is 1. The van der Waals surface area contributed by atoms with Crippen molar-refractivity contribution in [3.63, 3.8) is 0 Å². The van der Waals surface area contributed by atoms with Crippen molar-refractivity contribution in [2.45, 2.75) is 25.4 Å². The van der Waals surface area contributed by atoms with E-state index in [0.717, 1.165) is 18.4 Å². The minimum Gasteiger partial charge on any atom is -0.508 e. The van der Waals surface area contributed by atoms with Crippen LogP contribution in [0.1, 0.15) is 24.0 Å². The smallest absolute Gasteiger partial charge is 0.322 e. The second kappa shape index (κ2) is 6.41. The van der Waals surface area contributed by atoms with Gasteiger partial charge in [-0.3, -0.25) is 0 Å². The van der Waals surface area contributed by atoms with Crippen LogP contribution in [-0.2, 0) is 6.54 Å². The average Bonchev–Trinajstić information content (AvgIpc) is 3.38. The predicted octanol–water partition coefficient (Wildman–Crippen LogP) is 3.46. The van der Waals surface area contributed by atoms with Gasteiger partial charge in [0.15, 0.2) is 0 Å². The normalized spacial score (nSPS) is 13.2. The zero-order valence-electron chi connectivity index (χ0n) is 12.6. The molecule has 0 spiro atoms. The minimum absolute atomic E-state index is 0.166. The molecule has 0 heterocycles. The monoisotopic (exact) mass is 307 g/mol. The van der Waals surface area contributed by atoms with Gasteiger partial charge in [0, 0.05) is 18.3 Å². The highest BCUT2D eigenvalue weighted by Gasteiger charge is 2.32. The number of rotatable bonds is 4. The molecule has 0 aliphatic heterocycles. The van der Waals surface area contributed by atoms with Crippen molar-refractivity contribution in [1.82, 2.24) is 4.90 Å². The van der Waals surface area contributed by atoms with Gasteiger partial charge in [0.05, 0.1) is 11.6 Å². The predicted molar refractivity (Wildman–Crippen MR) is 86.8 cm³/mol. The first-order valence-electron chi connectivity index (χ1n) is 7.51. The van der Waals surface area contributed by atoms with E-state index in [-0.39, 0.29) is 17.8 Å². The SMILES string of the molecule is N#Cc1ccc(NC(=O)N(Cc2cccc(O)c2)C2CC2)cc1. The summed E-state index contributed by atoms with van der Waals surface area (Å²) in [5, 5.41) is 21.2. The minimum atomic E-state index is -0.166. The molecule has 23 heavy (non-hydrogen) atoms. The van der Waals surface area contributed by atoms with Crippen molar-refractivity contribution in [2.75, 3.05) is 5.32 Å². The lowest BCUT2D eigenvalue weighted by molar-refractivity contribution is 0.206. The molecule has 2 amide bonds. The number of carbonyl (C=O) groups excluding carboxylic acids is 1. The number of anilines is 1. The number of nitrogens with zero attached hydrogens (tertiary/aromatic N) is 2. The molecule has 3 rings (SSSR count). The van der Waals surface area contributed by atoms with Crippen LogP contribution in [0.25, 0.3) is 0 Å². The molecule has 1 aliphatic carbocycles. The Bertz CT molecular complexity index is 746. The Hall–Kier alpha value is -3.00. The number of amides is 2. The molecule has 0 unspecified atom stereocenters. The Morgan fingerprint density at radius 3 is 2.61 bits per heavy atom. The van der Waals surface area contributed by atoms with Crippen molar-refractivity contribution in [3.8, 4) is 11.8 Å². The highest BCUT2D eigenvalue weighted by molar-refractivity contribution is 5.89. The van der Waals surface area contributed by atoms with E-state index >= 15 is 0 Å².